The summed E-state index contributed by atoms with van der Waals surface area (Å²) >= 11 is 1.34. The summed E-state index contributed by atoms with van der Waals surface area (Å²) in [6, 6.07) is 15.4. The summed E-state index contributed by atoms with van der Waals surface area (Å²) in [5.41, 5.74) is 1.63. The van der Waals surface area contributed by atoms with Crippen LogP contribution in [0.5, 0.6) is 11.5 Å². The number of ether oxygens (including phenoxy) is 2. The third-order valence-corrected chi connectivity index (χ3v) is 6.17. The zero-order chi connectivity index (χ0) is 23.0. The maximum atomic E-state index is 12.8. The van der Waals surface area contributed by atoms with Gasteiger partial charge in [-0.2, -0.15) is 9.50 Å². The maximum absolute atomic E-state index is 12.8. The molecule has 0 radical (unpaired) electrons. The molecule has 4 rings (SSSR count). The number of fused-ring (bicyclic) bond motifs is 1. The Morgan fingerprint density at radius 1 is 0.879 bits per heavy atom. The smallest absolute Gasteiger partial charge is 0.291 e. The van der Waals surface area contributed by atoms with Crippen molar-refractivity contribution in [3.05, 3.63) is 69.0 Å². The van der Waals surface area contributed by atoms with Crippen molar-refractivity contribution < 1.29 is 9.47 Å². The van der Waals surface area contributed by atoms with Crippen LogP contribution in [0.25, 0.3) is 22.4 Å². The summed E-state index contributed by atoms with van der Waals surface area (Å²) in [6.45, 7) is 5.69. The topological polar surface area (TPSA) is 65.7 Å². The van der Waals surface area contributed by atoms with Crippen LogP contribution in [0.3, 0.4) is 0 Å². The van der Waals surface area contributed by atoms with E-state index in [2.05, 4.69) is 23.9 Å². The average Bonchev–Trinajstić information content (AvgIpc) is 3.38. The lowest BCUT2D eigenvalue weighted by atomic mass is 10.2. The monoisotopic (exact) mass is 463 g/mol. The van der Waals surface area contributed by atoms with Crippen LogP contribution in [0.2, 0.25) is 0 Å². The highest BCUT2D eigenvalue weighted by Crippen LogP contribution is 2.21. The van der Waals surface area contributed by atoms with Gasteiger partial charge in [0.1, 0.15) is 11.5 Å². The molecule has 6 nitrogen and oxygen atoms in total. The molecular weight excluding hydrogens is 434 g/mol. The molecule has 4 aromatic rings. The molecule has 2 aromatic carbocycles. The van der Waals surface area contributed by atoms with Crippen molar-refractivity contribution in [1.82, 2.24) is 14.6 Å². The van der Waals surface area contributed by atoms with Crippen LogP contribution in [-0.4, -0.2) is 27.8 Å². The summed E-state index contributed by atoms with van der Waals surface area (Å²) in [5, 5.41) is 4.44. The van der Waals surface area contributed by atoms with Gasteiger partial charge in [-0.1, -0.05) is 56.6 Å². The Bertz CT molecular complexity index is 1280. The van der Waals surface area contributed by atoms with Crippen LogP contribution in [-0.2, 0) is 0 Å². The Balaban J connectivity index is 1.46. The fourth-order valence-corrected chi connectivity index (χ4v) is 4.31. The van der Waals surface area contributed by atoms with E-state index in [1.807, 2.05) is 54.6 Å². The van der Waals surface area contributed by atoms with Gasteiger partial charge in [0.25, 0.3) is 5.56 Å². The van der Waals surface area contributed by atoms with E-state index in [9.17, 15) is 4.79 Å². The normalized spacial score (nSPS) is 11.9. The minimum atomic E-state index is -0.160. The molecule has 0 unspecified atom stereocenters. The highest BCUT2D eigenvalue weighted by molar-refractivity contribution is 7.15. The fourth-order valence-electron chi connectivity index (χ4n) is 3.41. The van der Waals surface area contributed by atoms with Crippen LogP contribution in [0, 0.1) is 0 Å². The number of unbranched alkanes of at least 4 members (excludes halogenated alkanes) is 3. The SMILES string of the molecule is CCCCCCOc1ccc(-c2nc3s/c(=C\c4ccc(OCCC)cc4)c(=O)n3n2)cc1. The van der Waals surface area contributed by atoms with Crippen LogP contribution in [0.15, 0.2) is 53.3 Å². The molecular formula is C26H29N3O3S. The Hall–Kier alpha value is -3.19. The maximum Gasteiger partial charge on any atom is 0.291 e. The molecule has 2 heterocycles. The number of benzene rings is 2. The quantitative estimate of drug-likeness (QED) is 0.289. The van der Waals surface area contributed by atoms with E-state index >= 15 is 0 Å². The molecule has 0 aliphatic rings. The van der Waals surface area contributed by atoms with Crippen molar-refractivity contribution in [3.63, 3.8) is 0 Å². The number of hydrogen-bond donors (Lipinski definition) is 0. The lowest BCUT2D eigenvalue weighted by Crippen LogP contribution is -2.23. The Morgan fingerprint density at radius 3 is 2.24 bits per heavy atom. The van der Waals surface area contributed by atoms with Crippen LogP contribution in [0.1, 0.15) is 51.5 Å². The number of hydrogen-bond acceptors (Lipinski definition) is 6. The minimum absolute atomic E-state index is 0.160. The minimum Gasteiger partial charge on any atom is -0.494 e. The standard InChI is InChI=1S/C26H29N3O3S/c1-3-5-6-7-17-32-22-14-10-20(11-15-22)24-27-26-29(28-24)25(30)23(33-26)18-19-8-12-21(13-9-19)31-16-4-2/h8-15,18H,3-7,16-17H2,1-2H3/b23-18-. The first-order valence-electron chi connectivity index (χ1n) is 11.6. The summed E-state index contributed by atoms with van der Waals surface area (Å²) < 4.78 is 13.4. The van der Waals surface area contributed by atoms with Gasteiger partial charge < -0.3 is 9.47 Å². The molecule has 0 fully saturated rings. The number of thiazole rings is 1. The lowest BCUT2D eigenvalue weighted by molar-refractivity contribution is 0.305. The van der Waals surface area contributed by atoms with Crippen LogP contribution in [0.4, 0.5) is 0 Å². The Morgan fingerprint density at radius 2 is 1.58 bits per heavy atom. The first kappa shape index (κ1) is 23.0. The predicted molar refractivity (Wildman–Crippen MR) is 133 cm³/mol. The van der Waals surface area contributed by atoms with Gasteiger partial charge in [0.15, 0.2) is 5.82 Å². The summed E-state index contributed by atoms with van der Waals surface area (Å²) in [7, 11) is 0. The molecule has 0 aliphatic heterocycles. The van der Waals surface area contributed by atoms with E-state index in [1.165, 1.54) is 35.1 Å². The molecule has 33 heavy (non-hydrogen) atoms. The highest BCUT2D eigenvalue weighted by Gasteiger charge is 2.12. The molecule has 0 saturated carbocycles. The van der Waals surface area contributed by atoms with Crippen molar-refractivity contribution in [3.8, 4) is 22.9 Å². The molecule has 2 aromatic heterocycles. The molecule has 0 bridgehead atoms. The summed E-state index contributed by atoms with van der Waals surface area (Å²) in [5.74, 6) is 2.21. The second kappa shape index (κ2) is 11.1. The van der Waals surface area contributed by atoms with Crippen molar-refractivity contribution in [2.45, 2.75) is 46.0 Å². The highest BCUT2D eigenvalue weighted by atomic mass is 32.1. The molecule has 0 saturated heterocycles. The zero-order valence-electron chi connectivity index (χ0n) is 19.1. The van der Waals surface area contributed by atoms with E-state index in [0.717, 1.165) is 42.1 Å². The average molecular weight is 464 g/mol. The Kier molecular flexibility index (Phi) is 7.73. The number of aromatic nitrogens is 3. The second-order valence-corrected chi connectivity index (χ2v) is 8.91. The zero-order valence-corrected chi connectivity index (χ0v) is 19.9. The third-order valence-electron chi connectivity index (χ3n) is 5.21. The lowest BCUT2D eigenvalue weighted by Gasteiger charge is -2.06. The molecule has 0 spiro atoms. The third kappa shape index (κ3) is 5.79. The Labute approximate surface area is 197 Å². The van der Waals surface area contributed by atoms with Gasteiger partial charge in [0.2, 0.25) is 4.96 Å². The van der Waals surface area contributed by atoms with Crippen molar-refractivity contribution in [2.24, 2.45) is 0 Å². The van der Waals surface area contributed by atoms with E-state index in [4.69, 9.17) is 9.47 Å². The molecule has 0 atom stereocenters. The van der Waals surface area contributed by atoms with Gasteiger partial charge in [-0.15, -0.1) is 5.10 Å². The molecule has 0 aliphatic carbocycles. The van der Waals surface area contributed by atoms with E-state index in [-0.39, 0.29) is 5.56 Å². The fraction of sp³-hybridized carbons (Fsp3) is 0.346. The summed E-state index contributed by atoms with van der Waals surface area (Å²) in [6.07, 6.45) is 7.55. The van der Waals surface area contributed by atoms with Gasteiger partial charge in [-0.3, -0.25) is 4.79 Å². The van der Waals surface area contributed by atoms with E-state index in [0.29, 0.717) is 21.9 Å². The van der Waals surface area contributed by atoms with Crippen LogP contribution >= 0.6 is 11.3 Å². The van der Waals surface area contributed by atoms with Crippen molar-refractivity contribution >= 4 is 22.4 Å². The number of nitrogens with zero attached hydrogens (tertiary/aromatic N) is 3. The molecule has 172 valence electrons. The first-order chi connectivity index (χ1) is 16.2. The van der Waals surface area contributed by atoms with Gasteiger partial charge in [0, 0.05) is 5.56 Å². The van der Waals surface area contributed by atoms with Gasteiger partial charge in [-0.05, 0) is 60.9 Å². The van der Waals surface area contributed by atoms with Crippen molar-refractivity contribution in [2.75, 3.05) is 13.2 Å². The van der Waals surface area contributed by atoms with Gasteiger partial charge in [0.05, 0.1) is 17.7 Å². The molecule has 0 N–H and O–H groups in total. The molecule has 0 amide bonds. The van der Waals surface area contributed by atoms with Gasteiger partial charge >= 0.3 is 0 Å². The van der Waals surface area contributed by atoms with Crippen LogP contribution < -0.4 is 19.6 Å². The predicted octanol–water partition coefficient (Wildman–Crippen LogP) is 5.11. The van der Waals surface area contributed by atoms with E-state index in [1.54, 1.807) is 0 Å². The first-order valence-corrected chi connectivity index (χ1v) is 12.4. The number of rotatable bonds is 11. The molecule has 7 heteroatoms. The van der Waals surface area contributed by atoms with E-state index < -0.39 is 0 Å². The van der Waals surface area contributed by atoms with Gasteiger partial charge in [-0.25, -0.2) is 0 Å². The largest absolute Gasteiger partial charge is 0.494 e. The van der Waals surface area contributed by atoms with Crippen molar-refractivity contribution in [1.29, 1.82) is 0 Å². The second-order valence-electron chi connectivity index (χ2n) is 7.90. The summed E-state index contributed by atoms with van der Waals surface area (Å²) in [4.78, 5) is 18.0.